The number of Topliss-reactive ketones (excluding diaryl/α,β-unsaturated/α-hetero) is 1. The van der Waals surface area contributed by atoms with Crippen LogP contribution in [0.15, 0.2) is 18.2 Å². The third-order valence-corrected chi connectivity index (χ3v) is 4.98. The van der Waals surface area contributed by atoms with Crippen LogP contribution in [0, 0.1) is 19.8 Å². The van der Waals surface area contributed by atoms with Crippen LogP contribution < -0.4 is 4.74 Å². The second-order valence-corrected chi connectivity index (χ2v) is 7.28. The summed E-state index contributed by atoms with van der Waals surface area (Å²) in [6.45, 7) is 4.94. The summed E-state index contributed by atoms with van der Waals surface area (Å²) in [6.07, 6.45) is 0.416. The normalized spacial score (nSPS) is 15.2. The Hall–Kier alpha value is -2.80. The van der Waals surface area contributed by atoms with Crippen molar-refractivity contribution in [1.29, 1.82) is 0 Å². The van der Waals surface area contributed by atoms with Crippen LogP contribution in [0.25, 0.3) is 0 Å². The van der Waals surface area contributed by atoms with Crippen LogP contribution >= 0.6 is 11.6 Å². The number of halogens is 1. The summed E-state index contributed by atoms with van der Waals surface area (Å²) in [7, 11) is 0. The summed E-state index contributed by atoms with van der Waals surface area (Å²) < 4.78 is 15.9. The largest absolute Gasteiger partial charge is 0.492 e. The minimum atomic E-state index is -0.585. The van der Waals surface area contributed by atoms with Crippen LogP contribution in [-0.4, -0.2) is 42.5 Å². The van der Waals surface area contributed by atoms with Crippen molar-refractivity contribution in [1.82, 2.24) is 4.98 Å². The standard InChI is InChI=1S/C21H22ClNO6/c1-4-27-21(26)19-12(3)23-11(2)18(19)16(24)10-29-20(25)14-7-13-8-15(22)5-6-17(13)28-9-14/h5-6,8,14,23H,4,7,9-10H2,1-3H3/t14-/m1/s1. The number of benzene rings is 1. The third-order valence-electron chi connectivity index (χ3n) is 4.74. The quantitative estimate of drug-likeness (QED) is 0.569. The number of carbonyl (C=O) groups is 3. The molecule has 1 N–H and O–H groups in total. The predicted octanol–water partition coefficient (Wildman–Crippen LogP) is 3.44. The van der Waals surface area contributed by atoms with Gasteiger partial charge in [0.2, 0.25) is 5.78 Å². The van der Waals surface area contributed by atoms with Crippen molar-refractivity contribution in [2.45, 2.75) is 27.2 Å². The third kappa shape index (κ3) is 4.45. The number of ether oxygens (including phenoxy) is 3. The van der Waals surface area contributed by atoms with Gasteiger partial charge in [-0.1, -0.05) is 11.6 Å². The number of rotatable bonds is 6. The minimum absolute atomic E-state index is 0.165. The highest BCUT2D eigenvalue weighted by atomic mass is 35.5. The van der Waals surface area contributed by atoms with E-state index in [-0.39, 0.29) is 24.3 Å². The van der Waals surface area contributed by atoms with Gasteiger partial charge in [-0.05, 0) is 51.0 Å². The van der Waals surface area contributed by atoms with Crippen molar-refractivity contribution < 1.29 is 28.6 Å². The van der Waals surface area contributed by atoms with Gasteiger partial charge in [0.15, 0.2) is 6.61 Å². The molecule has 0 saturated carbocycles. The van der Waals surface area contributed by atoms with Crippen molar-refractivity contribution in [3.05, 3.63) is 51.3 Å². The molecule has 3 rings (SSSR count). The highest BCUT2D eigenvalue weighted by Gasteiger charge is 2.30. The lowest BCUT2D eigenvalue weighted by molar-refractivity contribution is -0.148. The first kappa shape index (κ1) is 20.9. The van der Waals surface area contributed by atoms with Gasteiger partial charge in [0.05, 0.1) is 23.7 Å². The molecule has 7 nitrogen and oxygen atoms in total. The molecule has 1 aliphatic rings. The summed E-state index contributed by atoms with van der Waals surface area (Å²) in [5, 5.41) is 0.557. The summed E-state index contributed by atoms with van der Waals surface area (Å²) in [6, 6.07) is 5.23. The molecule has 154 valence electrons. The average molecular weight is 420 g/mol. The summed E-state index contributed by atoms with van der Waals surface area (Å²) in [4.78, 5) is 40.3. The SMILES string of the molecule is CCOC(=O)c1c(C)[nH]c(C)c1C(=O)COC(=O)[C@H]1COc2ccc(Cl)cc2C1. The van der Waals surface area contributed by atoms with Gasteiger partial charge in [-0.3, -0.25) is 9.59 Å². The molecule has 1 aliphatic heterocycles. The molecule has 2 heterocycles. The number of nitrogens with one attached hydrogen (secondary N) is 1. The van der Waals surface area contributed by atoms with Crippen molar-refractivity contribution in [3.8, 4) is 5.75 Å². The van der Waals surface area contributed by atoms with E-state index < -0.39 is 30.2 Å². The van der Waals surface area contributed by atoms with Crippen molar-refractivity contribution in [3.63, 3.8) is 0 Å². The van der Waals surface area contributed by atoms with Crippen LogP contribution in [-0.2, 0) is 20.7 Å². The zero-order valence-electron chi connectivity index (χ0n) is 16.5. The molecule has 0 bridgehead atoms. The fourth-order valence-corrected chi connectivity index (χ4v) is 3.62. The molecule has 1 aromatic carbocycles. The molecule has 0 aliphatic carbocycles. The van der Waals surface area contributed by atoms with Gasteiger partial charge in [0, 0.05) is 16.4 Å². The summed E-state index contributed by atoms with van der Waals surface area (Å²) >= 11 is 6.00. The predicted molar refractivity (Wildman–Crippen MR) is 106 cm³/mol. The van der Waals surface area contributed by atoms with Gasteiger partial charge in [0.1, 0.15) is 12.4 Å². The highest BCUT2D eigenvalue weighted by Crippen LogP contribution is 2.30. The Labute approximate surface area is 173 Å². The van der Waals surface area contributed by atoms with E-state index >= 15 is 0 Å². The van der Waals surface area contributed by atoms with E-state index in [2.05, 4.69) is 4.98 Å². The summed E-state index contributed by atoms with van der Waals surface area (Å²) in [5.41, 5.74) is 2.24. The second kappa shape index (κ2) is 8.69. The fourth-order valence-electron chi connectivity index (χ4n) is 3.43. The second-order valence-electron chi connectivity index (χ2n) is 6.84. The van der Waals surface area contributed by atoms with E-state index in [0.717, 1.165) is 5.56 Å². The molecule has 0 unspecified atom stereocenters. The number of aryl methyl sites for hydroxylation is 2. The Balaban J connectivity index is 1.67. The maximum Gasteiger partial charge on any atom is 0.340 e. The zero-order chi connectivity index (χ0) is 21.1. The lowest BCUT2D eigenvalue weighted by atomic mass is 9.97. The van der Waals surface area contributed by atoms with Gasteiger partial charge in [-0.2, -0.15) is 0 Å². The van der Waals surface area contributed by atoms with Crippen LogP contribution in [0.1, 0.15) is 44.6 Å². The molecule has 0 spiro atoms. The number of aromatic amines is 1. The number of esters is 2. The number of hydrogen-bond donors (Lipinski definition) is 1. The van der Waals surface area contributed by atoms with Crippen LogP contribution in [0.4, 0.5) is 0 Å². The van der Waals surface area contributed by atoms with E-state index in [1.165, 1.54) is 0 Å². The van der Waals surface area contributed by atoms with Crippen molar-refractivity contribution >= 4 is 29.3 Å². The molecule has 0 amide bonds. The Kier molecular flexibility index (Phi) is 6.27. The molecular formula is C21H22ClNO6. The van der Waals surface area contributed by atoms with Crippen LogP contribution in [0.5, 0.6) is 5.75 Å². The monoisotopic (exact) mass is 419 g/mol. The Morgan fingerprint density at radius 2 is 1.90 bits per heavy atom. The number of ketones is 1. The highest BCUT2D eigenvalue weighted by molar-refractivity contribution is 6.30. The number of carbonyl (C=O) groups excluding carboxylic acids is 3. The van der Waals surface area contributed by atoms with Crippen LogP contribution in [0.3, 0.4) is 0 Å². The molecule has 1 atom stereocenters. The number of H-pyrrole nitrogens is 1. The topological polar surface area (TPSA) is 94.7 Å². The zero-order valence-corrected chi connectivity index (χ0v) is 17.2. The van der Waals surface area contributed by atoms with Crippen molar-refractivity contribution in [2.75, 3.05) is 19.8 Å². The molecular weight excluding hydrogens is 398 g/mol. The maximum atomic E-state index is 12.7. The first-order valence-electron chi connectivity index (χ1n) is 9.29. The number of aromatic nitrogens is 1. The molecule has 0 fully saturated rings. The molecule has 1 aromatic heterocycles. The molecule has 8 heteroatoms. The average Bonchev–Trinajstić information content (AvgIpc) is 2.99. The first-order chi connectivity index (χ1) is 13.8. The summed E-state index contributed by atoms with van der Waals surface area (Å²) in [5.74, 6) is -1.44. The van der Waals surface area contributed by atoms with Gasteiger partial charge in [-0.15, -0.1) is 0 Å². The van der Waals surface area contributed by atoms with Gasteiger partial charge in [0.25, 0.3) is 0 Å². The Morgan fingerprint density at radius 3 is 2.62 bits per heavy atom. The number of fused-ring (bicyclic) bond motifs is 1. The van der Waals surface area contributed by atoms with E-state index in [9.17, 15) is 14.4 Å². The fraction of sp³-hybridized carbons (Fsp3) is 0.381. The minimum Gasteiger partial charge on any atom is -0.492 e. The molecule has 0 radical (unpaired) electrons. The smallest absolute Gasteiger partial charge is 0.340 e. The Bertz CT molecular complexity index is 964. The molecule has 29 heavy (non-hydrogen) atoms. The Morgan fingerprint density at radius 1 is 1.17 bits per heavy atom. The number of hydrogen-bond acceptors (Lipinski definition) is 6. The van der Waals surface area contributed by atoms with E-state index in [1.807, 2.05) is 0 Å². The lowest BCUT2D eigenvalue weighted by Crippen LogP contribution is -2.31. The lowest BCUT2D eigenvalue weighted by Gasteiger charge is -2.24. The van der Waals surface area contributed by atoms with Crippen LogP contribution in [0.2, 0.25) is 5.02 Å². The van der Waals surface area contributed by atoms with Crippen molar-refractivity contribution in [2.24, 2.45) is 5.92 Å². The van der Waals surface area contributed by atoms with Gasteiger partial charge < -0.3 is 19.2 Å². The van der Waals surface area contributed by atoms with E-state index in [0.29, 0.717) is 28.6 Å². The van der Waals surface area contributed by atoms with Gasteiger partial charge >= 0.3 is 11.9 Å². The van der Waals surface area contributed by atoms with E-state index in [4.69, 9.17) is 25.8 Å². The molecule has 0 saturated heterocycles. The maximum absolute atomic E-state index is 12.7. The first-order valence-corrected chi connectivity index (χ1v) is 9.67. The van der Waals surface area contributed by atoms with E-state index in [1.54, 1.807) is 39.0 Å². The van der Waals surface area contributed by atoms with Gasteiger partial charge in [-0.25, -0.2) is 4.79 Å². The molecule has 2 aromatic rings.